The van der Waals surface area contributed by atoms with Crippen molar-refractivity contribution in [2.24, 2.45) is 0 Å². The van der Waals surface area contributed by atoms with Crippen molar-refractivity contribution < 1.29 is 19.4 Å². The molecule has 28 heavy (non-hydrogen) atoms. The van der Waals surface area contributed by atoms with Gasteiger partial charge in [0.05, 0.1) is 13.5 Å². The standard InChI is InChI=1S/C24H20O4/c1-28-24-15-18(9-13-23(24)27)8-12-22(26)16-21(25)11-7-17-6-10-19-4-2-3-5-20(19)14-17/h2-15,27H,16H2,1H3. The van der Waals surface area contributed by atoms with Gasteiger partial charge in [0.2, 0.25) is 0 Å². The number of phenols is 1. The Labute approximate surface area is 163 Å². The number of carbonyl (C=O) groups is 2. The summed E-state index contributed by atoms with van der Waals surface area (Å²) in [5.41, 5.74) is 1.60. The van der Waals surface area contributed by atoms with Gasteiger partial charge in [-0.2, -0.15) is 0 Å². The lowest BCUT2D eigenvalue weighted by Crippen LogP contribution is -2.01. The van der Waals surface area contributed by atoms with Crippen LogP contribution in [0, 0.1) is 0 Å². The lowest BCUT2D eigenvalue weighted by atomic mass is 10.1. The van der Waals surface area contributed by atoms with Gasteiger partial charge < -0.3 is 9.84 Å². The molecule has 0 bridgehead atoms. The van der Waals surface area contributed by atoms with E-state index in [0.29, 0.717) is 11.3 Å². The molecule has 0 spiro atoms. The molecule has 4 nitrogen and oxygen atoms in total. The number of ketones is 2. The molecular formula is C24H20O4. The highest BCUT2D eigenvalue weighted by molar-refractivity contribution is 6.11. The van der Waals surface area contributed by atoms with Gasteiger partial charge in [0.15, 0.2) is 23.1 Å². The monoisotopic (exact) mass is 372 g/mol. The smallest absolute Gasteiger partial charge is 0.163 e. The quantitative estimate of drug-likeness (QED) is 0.478. The van der Waals surface area contributed by atoms with Crippen LogP contribution in [-0.2, 0) is 9.59 Å². The van der Waals surface area contributed by atoms with Crippen LogP contribution in [-0.4, -0.2) is 23.8 Å². The van der Waals surface area contributed by atoms with Crippen LogP contribution in [0.2, 0.25) is 0 Å². The number of phenolic OH excluding ortho intramolecular Hbond substituents is 1. The molecule has 0 heterocycles. The number of benzene rings is 3. The molecule has 0 saturated carbocycles. The van der Waals surface area contributed by atoms with E-state index in [0.717, 1.165) is 16.3 Å². The molecular weight excluding hydrogens is 352 g/mol. The summed E-state index contributed by atoms with van der Waals surface area (Å²) in [6.45, 7) is 0. The van der Waals surface area contributed by atoms with Crippen LogP contribution in [0.1, 0.15) is 17.5 Å². The third kappa shape index (κ3) is 4.95. The van der Waals surface area contributed by atoms with E-state index in [1.54, 1.807) is 24.3 Å². The zero-order chi connectivity index (χ0) is 19.9. The van der Waals surface area contributed by atoms with Gasteiger partial charge in [-0.3, -0.25) is 9.59 Å². The number of rotatable bonds is 7. The first-order valence-electron chi connectivity index (χ1n) is 8.83. The third-order valence-electron chi connectivity index (χ3n) is 4.25. The SMILES string of the molecule is COc1cc(C=CC(=O)CC(=O)C=Cc2ccc3ccccc3c2)ccc1O. The van der Waals surface area contributed by atoms with Crippen molar-refractivity contribution in [2.45, 2.75) is 6.42 Å². The number of fused-ring (bicyclic) bond motifs is 1. The largest absolute Gasteiger partial charge is 0.504 e. The van der Waals surface area contributed by atoms with Crippen LogP contribution >= 0.6 is 0 Å². The predicted molar refractivity (Wildman–Crippen MR) is 111 cm³/mol. The van der Waals surface area contributed by atoms with Gasteiger partial charge in [0.1, 0.15) is 0 Å². The molecule has 0 unspecified atom stereocenters. The Morgan fingerprint density at radius 1 is 0.857 bits per heavy atom. The van der Waals surface area contributed by atoms with Crippen LogP contribution in [0.15, 0.2) is 72.8 Å². The van der Waals surface area contributed by atoms with E-state index in [1.807, 2.05) is 42.5 Å². The Kier molecular flexibility index (Phi) is 6.02. The second-order valence-corrected chi connectivity index (χ2v) is 6.31. The molecule has 0 atom stereocenters. The molecule has 0 amide bonds. The fourth-order valence-corrected chi connectivity index (χ4v) is 2.78. The molecule has 0 aromatic heterocycles. The lowest BCUT2D eigenvalue weighted by Gasteiger charge is -2.03. The highest BCUT2D eigenvalue weighted by atomic mass is 16.5. The van der Waals surface area contributed by atoms with Crippen LogP contribution in [0.4, 0.5) is 0 Å². The molecule has 0 aliphatic heterocycles. The van der Waals surface area contributed by atoms with Crippen molar-refractivity contribution in [3.05, 3.63) is 83.9 Å². The van der Waals surface area contributed by atoms with Gasteiger partial charge in [-0.1, -0.05) is 54.6 Å². The Hall–Kier alpha value is -3.66. The average molecular weight is 372 g/mol. The molecule has 4 heteroatoms. The topological polar surface area (TPSA) is 63.6 Å². The summed E-state index contributed by atoms with van der Waals surface area (Å²) >= 11 is 0. The summed E-state index contributed by atoms with van der Waals surface area (Å²) in [5, 5.41) is 11.8. The maximum Gasteiger partial charge on any atom is 0.163 e. The maximum absolute atomic E-state index is 12.1. The zero-order valence-corrected chi connectivity index (χ0v) is 15.5. The second-order valence-electron chi connectivity index (χ2n) is 6.31. The lowest BCUT2D eigenvalue weighted by molar-refractivity contribution is -0.121. The third-order valence-corrected chi connectivity index (χ3v) is 4.25. The summed E-state index contributed by atoms with van der Waals surface area (Å²) in [6, 6.07) is 18.7. The highest BCUT2D eigenvalue weighted by Gasteiger charge is 2.05. The van der Waals surface area contributed by atoms with Crippen LogP contribution in [0.5, 0.6) is 11.5 Å². The van der Waals surface area contributed by atoms with Crippen molar-refractivity contribution in [3.8, 4) is 11.5 Å². The number of ether oxygens (including phenoxy) is 1. The molecule has 3 aromatic carbocycles. The average Bonchev–Trinajstić information content (AvgIpc) is 2.71. The number of aromatic hydroxyl groups is 1. The number of methoxy groups -OCH3 is 1. The molecule has 3 aromatic rings. The summed E-state index contributed by atoms with van der Waals surface area (Å²) in [4.78, 5) is 24.1. The van der Waals surface area contributed by atoms with Crippen molar-refractivity contribution in [1.82, 2.24) is 0 Å². The van der Waals surface area contributed by atoms with E-state index < -0.39 is 0 Å². The van der Waals surface area contributed by atoms with Crippen molar-refractivity contribution in [2.75, 3.05) is 7.11 Å². The van der Waals surface area contributed by atoms with Crippen LogP contribution < -0.4 is 4.74 Å². The minimum absolute atomic E-state index is 0.0278. The normalized spacial score (nSPS) is 11.3. The van der Waals surface area contributed by atoms with E-state index in [-0.39, 0.29) is 23.7 Å². The minimum atomic E-state index is -0.291. The first kappa shape index (κ1) is 19.1. The molecule has 0 aliphatic carbocycles. The fraction of sp³-hybridized carbons (Fsp3) is 0.0833. The maximum atomic E-state index is 12.1. The van der Waals surface area contributed by atoms with Gasteiger partial charge in [0, 0.05) is 0 Å². The summed E-state index contributed by atoms with van der Waals surface area (Å²) < 4.78 is 5.03. The number of hydrogen-bond donors (Lipinski definition) is 1. The first-order chi connectivity index (χ1) is 13.5. The number of carbonyl (C=O) groups excluding carboxylic acids is 2. The van der Waals surface area contributed by atoms with Gasteiger partial charge in [-0.05, 0) is 52.3 Å². The van der Waals surface area contributed by atoms with E-state index in [1.165, 1.54) is 25.3 Å². The Bertz CT molecular complexity index is 1080. The van der Waals surface area contributed by atoms with Gasteiger partial charge in [0.25, 0.3) is 0 Å². The molecule has 0 saturated heterocycles. The predicted octanol–water partition coefficient (Wildman–Crippen LogP) is 4.81. The minimum Gasteiger partial charge on any atom is -0.504 e. The summed E-state index contributed by atoms with van der Waals surface area (Å²) in [7, 11) is 1.45. The molecule has 3 rings (SSSR count). The molecule has 1 N–H and O–H groups in total. The van der Waals surface area contributed by atoms with Gasteiger partial charge >= 0.3 is 0 Å². The zero-order valence-electron chi connectivity index (χ0n) is 15.5. The Morgan fingerprint density at radius 2 is 1.46 bits per heavy atom. The highest BCUT2D eigenvalue weighted by Crippen LogP contribution is 2.26. The van der Waals surface area contributed by atoms with E-state index in [4.69, 9.17) is 4.74 Å². The van der Waals surface area contributed by atoms with Crippen molar-refractivity contribution >= 4 is 34.5 Å². The van der Waals surface area contributed by atoms with Crippen LogP contribution in [0.25, 0.3) is 22.9 Å². The Morgan fingerprint density at radius 3 is 2.14 bits per heavy atom. The molecule has 0 fully saturated rings. The first-order valence-corrected chi connectivity index (χ1v) is 8.83. The number of allylic oxidation sites excluding steroid dienone is 2. The van der Waals surface area contributed by atoms with E-state index in [2.05, 4.69) is 0 Å². The molecule has 140 valence electrons. The van der Waals surface area contributed by atoms with Crippen molar-refractivity contribution in [3.63, 3.8) is 0 Å². The summed E-state index contributed by atoms with van der Waals surface area (Å²) in [5.74, 6) is -0.199. The van der Waals surface area contributed by atoms with Crippen molar-refractivity contribution in [1.29, 1.82) is 0 Å². The second kappa shape index (κ2) is 8.82. The van der Waals surface area contributed by atoms with Crippen LogP contribution in [0.3, 0.4) is 0 Å². The molecule has 0 radical (unpaired) electrons. The van der Waals surface area contributed by atoms with E-state index in [9.17, 15) is 14.7 Å². The fourth-order valence-electron chi connectivity index (χ4n) is 2.78. The summed E-state index contributed by atoms with van der Waals surface area (Å²) in [6.07, 6.45) is 5.89. The van der Waals surface area contributed by atoms with E-state index >= 15 is 0 Å². The van der Waals surface area contributed by atoms with Gasteiger partial charge in [-0.25, -0.2) is 0 Å². The van der Waals surface area contributed by atoms with Gasteiger partial charge in [-0.15, -0.1) is 0 Å². The Balaban J connectivity index is 1.60. The number of hydrogen-bond acceptors (Lipinski definition) is 4. The molecule has 0 aliphatic rings.